The molecule has 0 saturated heterocycles. The van der Waals surface area contributed by atoms with Crippen molar-refractivity contribution in [3.63, 3.8) is 0 Å². The summed E-state index contributed by atoms with van der Waals surface area (Å²) in [5.74, 6) is 1.38. The molecule has 1 aliphatic carbocycles. The largest absolute Gasteiger partial charge is 0.392 e. The van der Waals surface area contributed by atoms with Gasteiger partial charge in [-0.05, 0) is 37.0 Å². The van der Waals surface area contributed by atoms with Gasteiger partial charge in [-0.25, -0.2) is 10.4 Å². The van der Waals surface area contributed by atoms with Crippen LogP contribution >= 0.6 is 0 Å². The van der Waals surface area contributed by atoms with Crippen LogP contribution in [0, 0.1) is 6.92 Å². The van der Waals surface area contributed by atoms with Gasteiger partial charge in [0.2, 0.25) is 5.95 Å². The molecule has 7 heteroatoms. The van der Waals surface area contributed by atoms with Crippen molar-refractivity contribution in [1.29, 1.82) is 0 Å². The zero-order valence-corrected chi connectivity index (χ0v) is 15.7. The Hall–Kier alpha value is -2.38. The lowest BCUT2D eigenvalue weighted by atomic mass is 10.1. The molecule has 140 valence electrons. The summed E-state index contributed by atoms with van der Waals surface area (Å²) in [6.45, 7) is 2.03. The summed E-state index contributed by atoms with van der Waals surface area (Å²) in [7, 11) is 3.81. The standard InChI is InChI=1S/C19H28N6O/c1-13-8-9-14(12-26)10-16(13)23-19-22-11-17(20-2)18(24-19)25(21-3)15-6-4-5-7-15/h8-11,15,20-21,26H,4-7,12H2,1-3H3,(H,22,23,24). The van der Waals surface area contributed by atoms with Crippen LogP contribution in [0.5, 0.6) is 0 Å². The number of aliphatic hydroxyl groups is 1. The van der Waals surface area contributed by atoms with E-state index in [1.54, 1.807) is 6.20 Å². The van der Waals surface area contributed by atoms with Crippen molar-refractivity contribution in [3.8, 4) is 0 Å². The normalized spacial score (nSPS) is 14.5. The van der Waals surface area contributed by atoms with E-state index >= 15 is 0 Å². The Labute approximate surface area is 154 Å². The summed E-state index contributed by atoms with van der Waals surface area (Å²) in [5, 5.41) is 18.0. The van der Waals surface area contributed by atoms with Crippen LogP contribution in [0.2, 0.25) is 0 Å². The molecule has 0 radical (unpaired) electrons. The van der Waals surface area contributed by atoms with Gasteiger partial charge in [-0.15, -0.1) is 0 Å². The Balaban J connectivity index is 1.92. The minimum Gasteiger partial charge on any atom is -0.392 e. The fraction of sp³-hybridized carbons (Fsp3) is 0.474. The number of rotatable bonds is 7. The van der Waals surface area contributed by atoms with E-state index in [4.69, 9.17) is 4.98 Å². The van der Waals surface area contributed by atoms with Gasteiger partial charge in [-0.3, -0.25) is 5.01 Å². The first-order chi connectivity index (χ1) is 12.7. The number of hydrogen-bond donors (Lipinski definition) is 4. The highest BCUT2D eigenvalue weighted by molar-refractivity contribution is 5.68. The van der Waals surface area contributed by atoms with Crippen LogP contribution in [0.3, 0.4) is 0 Å². The molecule has 2 aromatic rings. The predicted octanol–water partition coefficient (Wildman–Crippen LogP) is 2.95. The Bertz CT molecular complexity index is 745. The molecule has 0 bridgehead atoms. The number of nitrogens with one attached hydrogen (secondary N) is 3. The smallest absolute Gasteiger partial charge is 0.229 e. The van der Waals surface area contributed by atoms with E-state index in [1.807, 2.05) is 39.2 Å². The second-order valence-corrected chi connectivity index (χ2v) is 6.65. The zero-order valence-electron chi connectivity index (χ0n) is 15.7. The average molecular weight is 356 g/mol. The number of aliphatic hydroxyl groups excluding tert-OH is 1. The summed E-state index contributed by atoms with van der Waals surface area (Å²) >= 11 is 0. The van der Waals surface area contributed by atoms with Crippen LogP contribution in [0.1, 0.15) is 36.8 Å². The molecule has 0 amide bonds. The van der Waals surface area contributed by atoms with Crippen molar-refractivity contribution >= 4 is 23.1 Å². The topological polar surface area (TPSA) is 85.3 Å². The summed E-state index contributed by atoms with van der Waals surface area (Å²) in [4.78, 5) is 9.21. The number of hydrogen-bond acceptors (Lipinski definition) is 7. The molecule has 26 heavy (non-hydrogen) atoms. The van der Waals surface area contributed by atoms with Crippen LogP contribution in [0.4, 0.5) is 23.1 Å². The third-order valence-corrected chi connectivity index (χ3v) is 4.93. The molecule has 1 heterocycles. The second kappa shape index (κ2) is 8.33. The fourth-order valence-corrected chi connectivity index (χ4v) is 3.44. The quantitative estimate of drug-likeness (QED) is 0.568. The molecule has 0 aliphatic heterocycles. The van der Waals surface area contributed by atoms with Gasteiger partial charge in [0, 0.05) is 25.8 Å². The number of anilines is 4. The van der Waals surface area contributed by atoms with E-state index in [0.717, 1.165) is 41.2 Å². The van der Waals surface area contributed by atoms with Crippen molar-refractivity contribution < 1.29 is 5.11 Å². The maximum Gasteiger partial charge on any atom is 0.229 e. The van der Waals surface area contributed by atoms with E-state index in [-0.39, 0.29) is 6.61 Å². The van der Waals surface area contributed by atoms with Gasteiger partial charge in [-0.2, -0.15) is 4.98 Å². The van der Waals surface area contributed by atoms with E-state index in [1.165, 1.54) is 12.8 Å². The highest BCUT2D eigenvalue weighted by Gasteiger charge is 2.25. The van der Waals surface area contributed by atoms with Crippen LogP contribution in [-0.2, 0) is 6.61 Å². The van der Waals surface area contributed by atoms with Crippen LogP contribution < -0.4 is 21.1 Å². The minimum atomic E-state index is 0.00890. The van der Waals surface area contributed by atoms with Crippen molar-refractivity contribution in [1.82, 2.24) is 15.4 Å². The summed E-state index contributed by atoms with van der Waals surface area (Å²) in [6.07, 6.45) is 6.63. The highest BCUT2D eigenvalue weighted by atomic mass is 16.3. The minimum absolute atomic E-state index is 0.00890. The summed E-state index contributed by atoms with van der Waals surface area (Å²) in [5.41, 5.74) is 7.01. The van der Waals surface area contributed by atoms with Gasteiger partial charge in [0.1, 0.15) is 0 Å². The molecular formula is C19H28N6O. The average Bonchev–Trinajstić information content (AvgIpc) is 3.19. The SMILES string of the molecule is CNc1cnc(Nc2cc(CO)ccc2C)nc1N(NC)C1CCCC1. The lowest BCUT2D eigenvalue weighted by molar-refractivity contribution is 0.282. The molecule has 3 rings (SSSR count). The molecule has 7 nitrogen and oxygen atoms in total. The lowest BCUT2D eigenvalue weighted by Crippen LogP contribution is -2.43. The maximum atomic E-state index is 9.38. The third kappa shape index (κ3) is 3.89. The first-order valence-corrected chi connectivity index (χ1v) is 9.15. The van der Waals surface area contributed by atoms with Gasteiger partial charge in [0.05, 0.1) is 18.5 Å². The number of hydrazine groups is 1. The Morgan fingerprint density at radius 2 is 1.96 bits per heavy atom. The third-order valence-electron chi connectivity index (χ3n) is 4.93. The summed E-state index contributed by atoms with van der Waals surface area (Å²) < 4.78 is 0. The van der Waals surface area contributed by atoms with Crippen molar-refractivity contribution in [2.45, 2.75) is 45.3 Å². The number of benzene rings is 1. The van der Waals surface area contributed by atoms with Gasteiger partial charge < -0.3 is 15.7 Å². The first-order valence-electron chi connectivity index (χ1n) is 9.15. The molecule has 1 fully saturated rings. The lowest BCUT2D eigenvalue weighted by Gasteiger charge is -2.30. The maximum absolute atomic E-state index is 9.38. The van der Waals surface area contributed by atoms with E-state index < -0.39 is 0 Å². The molecule has 1 aromatic heterocycles. The summed E-state index contributed by atoms with van der Waals surface area (Å²) in [6, 6.07) is 6.26. The monoisotopic (exact) mass is 356 g/mol. The van der Waals surface area contributed by atoms with Crippen molar-refractivity contribution in [2.75, 3.05) is 29.7 Å². The molecule has 4 N–H and O–H groups in total. The highest BCUT2D eigenvalue weighted by Crippen LogP contribution is 2.31. The molecule has 0 atom stereocenters. The fourth-order valence-electron chi connectivity index (χ4n) is 3.44. The van der Waals surface area contributed by atoms with E-state index in [9.17, 15) is 5.11 Å². The van der Waals surface area contributed by atoms with E-state index in [2.05, 4.69) is 26.1 Å². The van der Waals surface area contributed by atoms with Crippen LogP contribution in [-0.4, -0.2) is 35.2 Å². The second-order valence-electron chi connectivity index (χ2n) is 6.65. The van der Waals surface area contributed by atoms with Gasteiger partial charge >= 0.3 is 0 Å². The van der Waals surface area contributed by atoms with Crippen LogP contribution in [0.25, 0.3) is 0 Å². The number of nitrogens with zero attached hydrogens (tertiary/aromatic N) is 3. The molecular weight excluding hydrogens is 328 g/mol. The van der Waals surface area contributed by atoms with Crippen molar-refractivity contribution in [2.24, 2.45) is 0 Å². The van der Waals surface area contributed by atoms with Gasteiger partial charge in [0.15, 0.2) is 5.82 Å². The predicted molar refractivity (Wildman–Crippen MR) is 106 cm³/mol. The Kier molecular flexibility index (Phi) is 5.90. The van der Waals surface area contributed by atoms with Crippen LogP contribution in [0.15, 0.2) is 24.4 Å². The molecule has 1 saturated carbocycles. The van der Waals surface area contributed by atoms with E-state index in [0.29, 0.717) is 12.0 Å². The first kappa shape index (κ1) is 18.4. The van der Waals surface area contributed by atoms with Crippen molar-refractivity contribution in [3.05, 3.63) is 35.5 Å². The van der Waals surface area contributed by atoms with Gasteiger partial charge in [-0.1, -0.05) is 25.0 Å². The molecule has 0 spiro atoms. The molecule has 0 unspecified atom stereocenters. The zero-order chi connectivity index (χ0) is 18.5. The molecule has 1 aliphatic rings. The Morgan fingerprint density at radius 1 is 1.19 bits per heavy atom. The Morgan fingerprint density at radius 3 is 2.62 bits per heavy atom. The molecule has 1 aromatic carbocycles. The number of aryl methyl sites for hydroxylation is 1. The number of aromatic nitrogens is 2. The van der Waals surface area contributed by atoms with Gasteiger partial charge in [0.25, 0.3) is 0 Å².